The van der Waals surface area contributed by atoms with E-state index < -0.39 is 6.10 Å². The second-order valence-corrected chi connectivity index (χ2v) is 12.7. The first-order valence-electron chi connectivity index (χ1n) is 18.9. The maximum absolute atomic E-state index is 12.1. The minimum Gasteiger partial charge on any atom is -0.462 e. The van der Waals surface area contributed by atoms with Gasteiger partial charge in [0.05, 0.1) is 6.61 Å². The maximum atomic E-state index is 12.1. The lowest BCUT2D eigenvalue weighted by atomic mass is 10.0. The molecule has 0 unspecified atom stereocenters. The second kappa shape index (κ2) is 35.9. The fourth-order valence-corrected chi connectivity index (χ4v) is 5.35. The Morgan fingerprint density at radius 3 is 1.39 bits per heavy atom. The Morgan fingerprint density at radius 2 is 0.909 bits per heavy atom. The number of unbranched alkanes of at least 4 members (excludes halogenated alkanes) is 22. The highest BCUT2D eigenvalue weighted by Crippen LogP contribution is 2.14. The molecule has 0 aromatic heterocycles. The van der Waals surface area contributed by atoms with Gasteiger partial charge in [-0.3, -0.25) is 9.59 Å². The summed E-state index contributed by atoms with van der Waals surface area (Å²) in [5.41, 5.74) is 0. The molecule has 0 aliphatic rings. The Labute approximate surface area is 273 Å². The number of rotatable bonds is 34. The molecular weight excluding hydrogens is 548 g/mol. The summed E-state index contributed by atoms with van der Waals surface area (Å²) in [6, 6.07) is 0. The Balaban J connectivity index is 3.56. The summed E-state index contributed by atoms with van der Waals surface area (Å²) in [6.45, 7) is 4.10. The minimum absolute atomic E-state index is 0.0693. The van der Waals surface area contributed by atoms with Gasteiger partial charge < -0.3 is 14.6 Å². The second-order valence-electron chi connectivity index (χ2n) is 12.7. The number of hydrogen-bond donors (Lipinski definition) is 1. The van der Waals surface area contributed by atoms with E-state index in [1.165, 1.54) is 116 Å². The van der Waals surface area contributed by atoms with Gasteiger partial charge in [0.1, 0.15) is 6.61 Å². The minimum atomic E-state index is -0.771. The maximum Gasteiger partial charge on any atom is 0.306 e. The number of carbonyl (C=O) groups is 2. The molecule has 0 saturated heterocycles. The van der Waals surface area contributed by atoms with Crippen LogP contribution < -0.4 is 0 Å². The number of aliphatic hydroxyl groups excluding tert-OH is 1. The Bertz CT molecular complexity index is 671. The Hall–Kier alpha value is -1.62. The van der Waals surface area contributed by atoms with Gasteiger partial charge in [0.2, 0.25) is 0 Å². The number of ether oxygens (including phenoxy) is 2. The van der Waals surface area contributed by atoms with Gasteiger partial charge in [-0.25, -0.2) is 0 Å². The van der Waals surface area contributed by atoms with Crippen LogP contribution in [0.1, 0.15) is 194 Å². The van der Waals surface area contributed by atoms with Crippen molar-refractivity contribution in [1.82, 2.24) is 0 Å². The average molecular weight is 621 g/mol. The average Bonchev–Trinajstić information content (AvgIpc) is 3.02. The molecule has 0 fully saturated rings. The highest BCUT2D eigenvalue weighted by Gasteiger charge is 2.16. The summed E-state index contributed by atoms with van der Waals surface area (Å²) in [4.78, 5) is 24.2. The predicted molar refractivity (Wildman–Crippen MR) is 187 cm³/mol. The van der Waals surface area contributed by atoms with E-state index in [0.29, 0.717) is 12.8 Å². The van der Waals surface area contributed by atoms with Gasteiger partial charge in [-0.15, -0.1) is 0 Å². The molecule has 1 atom stereocenters. The fraction of sp³-hybridized carbons (Fsp3) is 0.846. The molecule has 0 bridgehead atoms. The van der Waals surface area contributed by atoms with Crippen LogP contribution in [0.5, 0.6) is 0 Å². The fourth-order valence-electron chi connectivity index (χ4n) is 5.35. The zero-order valence-electron chi connectivity index (χ0n) is 29.2. The predicted octanol–water partition coefficient (Wildman–Crippen LogP) is 11.5. The molecule has 1 N–H and O–H groups in total. The topological polar surface area (TPSA) is 72.8 Å². The van der Waals surface area contributed by atoms with E-state index >= 15 is 0 Å². The first-order valence-corrected chi connectivity index (χ1v) is 18.9. The van der Waals surface area contributed by atoms with Gasteiger partial charge in [-0.05, 0) is 44.9 Å². The summed E-state index contributed by atoms with van der Waals surface area (Å²) in [6.07, 6.45) is 40.9. The van der Waals surface area contributed by atoms with Gasteiger partial charge in [-0.1, -0.05) is 160 Å². The SMILES string of the molecule is CCCCC/C=C\C/C=C\CCCCCCCC(=O)OC[C@H](CO)OC(=O)CCCCCCCCCCCCCCCCC. The van der Waals surface area contributed by atoms with Gasteiger partial charge in [-0.2, -0.15) is 0 Å². The van der Waals surface area contributed by atoms with Crippen LogP contribution in [0.15, 0.2) is 24.3 Å². The van der Waals surface area contributed by atoms with Crippen molar-refractivity contribution in [3.05, 3.63) is 24.3 Å². The molecule has 44 heavy (non-hydrogen) atoms. The van der Waals surface area contributed by atoms with Crippen molar-refractivity contribution < 1.29 is 24.2 Å². The van der Waals surface area contributed by atoms with Crippen LogP contribution in [0, 0.1) is 0 Å². The molecule has 5 nitrogen and oxygen atoms in total. The van der Waals surface area contributed by atoms with Crippen molar-refractivity contribution in [2.75, 3.05) is 13.2 Å². The van der Waals surface area contributed by atoms with Crippen LogP contribution in [-0.2, 0) is 19.1 Å². The van der Waals surface area contributed by atoms with E-state index in [1.54, 1.807) is 0 Å². The first kappa shape index (κ1) is 42.4. The zero-order valence-corrected chi connectivity index (χ0v) is 29.2. The Kier molecular flexibility index (Phi) is 34.5. The van der Waals surface area contributed by atoms with Crippen molar-refractivity contribution >= 4 is 11.9 Å². The number of carbonyl (C=O) groups excluding carboxylic acids is 2. The summed E-state index contributed by atoms with van der Waals surface area (Å²) < 4.78 is 10.6. The number of aliphatic hydroxyl groups is 1. The molecule has 0 aliphatic heterocycles. The van der Waals surface area contributed by atoms with Crippen molar-refractivity contribution in [3.8, 4) is 0 Å². The molecular formula is C39H72O5. The summed E-state index contributed by atoms with van der Waals surface area (Å²) in [7, 11) is 0. The smallest absolute Gasteiger partial charge is 0.306 e. The molecule has 0 rings (SSSR count). The van der Waals surface area contributed by atoms with E-state index in [4.69, 9.17) is 9.47 Å². The largest absolute Gasteiger partial charge is 0.462 e. The van der Waals surface area contributed by atoms with Gasteiger partial charge in [0, 0.05) is 12.8 Å². The summed E-state index contributed by atoms with van der Waals surface area (Å²) in [5.74, 6) is -0.601. The lowest BCUT2D eigenvalue weighted by Crippen LogP contribution is -2.28. The van der Waals surface area contributed by atoms with Crippen molar-refractivity contribution in [2.45, 2.75) is 200 Å². The van der Waals surface area contributed by atoms with E-state index in [-0.39, 0.29) is 25.2 Å². The highest BCUT2D eigenvalue weighted by atomic mass is 16.6. The zero-order chi connectivity index (χ0) is 32.2. The summed E-state index contributed by atoms with van der Waals surface area (Å²) in [5, 5.41) is 9.53. The molecule has 5 heteroatoms. The third-order valence-electron chi connectivity index (χ3n) is 8.25. The molecule has 0 saturated carbocycles. The first-order chi connectivity index (χ1) is 21.6. The van der Waals surface area contributed by atoms with Crippen LogP contribution >= 0.6 is 0 Å². The van der Waals surface area contributed by atoms with Gasteiger partial charge >= 0.3 is 11.9 Å². The molecule has 0 aromatic carbocycles. The standard InChI is InChI=1S/C39H72O5/c1-3-5-7-9-11-13-15-17-19-21-23-25-27-29-31-33-38(41)43-36-37(35-40)44-39(42)34-32-30-28-26-24-22-20-18-16-14-12-10-8-6-4-2/h11,13,17,19,37,40H,3-10,12,14-16,18,20-36H2,1-2H3/b13-11-,19-17-/t37-/m0/s1. The van der Waals surface area contributed by atoms with E-state index in [0.717, 1.165) is 51.4 Å². The quantitative estimate of drug-likeness (QED) is 0.0440. The lowest BCUT2D eigenvalue weighted by molar-refractivity contribution is -0.161. The van der Waals surface area contributed by atoms with Crippen LogP contribution in [0.4, 0.5) is 0 Å². The van der Waals surface area contributed by atoms with E-state index in [9.17, 15) is 14.7 Å². The van der Waals surface area contributed by atoms with Crippen LogP contribution in [0.25, 0.3) is 0 Å². The molecule has 258 valence electrons. The molecule has 0 heterocycles. The van der Waals surface area contributed by atoms with Crippen LogP contribution in [0.3, 0.4) is 0 Å². The number of allylic oxidation sites excluding steroid dienone is 4. The lowest BCUT2D eigenvalue weighted by Gasteiger charge is -2.15. The molecule has 0 aliphatic carbocycles. The van der Waals surface area contributed by atoms with Crippen molar-refractivity contribution in [2.24, 2.45) is 0 Å². The van der Waals surface area contributed by atoms with Crippen LogP contribution in [-0.4, -0.2) is 36.4 Å². The molecule has 0 spiro atoms. The third kappa shape index (κ3) is 33.3. The molecule has 0 radical (unpaired) electrons. The molecule has 0 amide bonds. The number of hydrogen-bond acceptors (Lipinski definition) is 5. The van der Waals surface area contributed by atoms with Crippen molar-refractivity contribution in [3.63, 3.8) is 0 Å². The monoisotopic (exact) mass is 621 g/mol. The normalized spacial score (nSPS) is 12.3. The highest BCUT2D eigenvalue weighted by molar-refractivity contribution is 5.70. The van der Waals surface area contributed by atoms with E-state index in [1.807, 2.05) is 0 Å². The Morgan fingerprint density at radius 1 is 0.523 bits per heavy atom. The van der Waals surface area contributed by atoms with Gasteiger partial charge in [0.15, 0.2) is 6.10 Å². The molecule has 0 aromatic rings. The van der Waals surface area contributed by atoms with Gasteiger partial charge in [0.25, 0.3) is 0 Å². The van der Waals surface area contributed by atoms with E-state index in [2.05, 4.69) is 38.2 Å². The third-order valence-corrected chi connectivity index (χ3v) is 8.25. The summed E-state index contributed by atoms with van der Waals surface area (Å²) >= 11 is 0. The number of esters is 2. The van der Waals surface area contributed by atoms with Crippen LogP contribution in [0.2, 0.25) is 0 Å². The van der Waals surface area contributed by atoms with Crippen molar-refractivity contribution in [1.29, 1.82) is 0 Å².